The quantitative estimate of drug-likeness (QED) is 0.810. The van der Waals surface area contributed by atoms with Crippen molar-refractivity contribution in [3.05, 3.63) is 35.9 Å². The number of amidine groups is 1. The minimum absolute atomic E-state index is 0.172. The van der Waals surface area contributed by atoms with Gasteiger partial charge in [0.2, 0.25) is 0 Å². The summed E-state index contributed by atoms with van der Waals surface area (Å²) in [5.41, 5.74) is 6.99. The first-order valence-corrected chi connectivity index (χ1v) is 5.84. The molecule has 1 atom stereocenters. The number of hydrogen-bond acceptors (Lipinski definition) is 2. The number of carbonyl (C=O) groups excluding carboxylic acids is 1. The number of rotatable bonds is 4. The van der Waals surface area contributed by atoms with Crippen LogP contribution in [0.3, 0.4) is 0 Å². The molecular weight excluding hydrogens is 226 g/mol. The summed E-state index contributed by atoms with van der Waals surface area (Å²) >= 11 is 0. The Morgan fingerprint density at radius 3 is 2.78 bits per heavy atom. The van der Waals surface area contributed by atoms with Crippen LogP contribution in [0.15, 0.2) is 35.3 Å². The highest BCUT2D eigenvalue weighted by molar-refractivity contribution is 6.02. The number of aryl methyl sites for hydroxylation is 1. The molecule has 1 aromatic rings. The van der Waals surface area contributed by atoms with Gasteiger partial charge in [0.15, 0.2) is 0 Å². The number of amides is 2. The first-order valence-electron chi connectivity index (χ1n) is 5.84. The lowest BCUT2D eigenvalue weighted by atomic mass is 10.0. The van der Waals surface area contributed by atoms with Crippen molar-refractivity contribution < 1.29 is 4.79 Å². The molecule has 0 aromatic heterocycles. The Hall–Kier alpha value is -2.28. The normalized spacial score (nSPS) is 18.6. The maximum Gasteiger partial charge on any atom is 0.346 e. The van der Waals surface area contributed by atoms with E-state index >= 15 is 0 Å². The Morgan fingerprint density at radius 2 is 2.11 bits per heavy atom. The first kappa shape index (κ1) is 12.2. The maximum atomic E-state index is 11.6. The SMILES string of the molecule is C#CCN1C(=O)N=C(N)C1CCc1ccccc1. The van der Waals surface area contributed by atoms with Gasteiger partial charge in [-0.3, -0.25) is 0 Å². The lowest BCUT2D eigenvalue weighted by Crippen LogP contribution is -2.40. The zero-order valence-electron chi connectivity index (χ0n) is 10.0. The Morgan fingerprint density at radius 1 is 1.39 bits per heavy atom. The van der Waals surface area contributed by atoms with Gasteiger partial charge in [0, 0.05) is 0 Å². The van der Waals surface area contributed by atoms with E-state index in [0.29, 0.717) is 5.84 Å². The molecule has 1 aliphatic heterocycles. The molecule has 0 spiro atoms. The molecule has 0 fully saturated rings. The summed E-state index contributed by atoms with van der Waals surface area (Å²) < 4.78 is 0. The fourth-order valence-electron chi connectivity index (χ4n) is 2.07. The molecule has 0 saturated heterocycles. The van der Waals surface area contributed by atoms with E-state index in [2.05, 4.69) is 23.0 Å². The van der Waals surface area contributed by atoms with Crippen molar-refractivity contribution in [2.45, 2.75) is 18.9 Å². The third-order valence-electron chi connectivity index (χ3n) is 3.00. The van der Waals surface area contributed by atoms with Crippen molar-refractivity contribution in [3.63, 3.8) is 0 Å². The number of aliphatic imine (C=N–C) groups is 1. The molecule has 18 heavy (non-hydrogen) atoms. The van der Waals surface area contributed by atoms with Gasteiger partial charge in [-0.05, 0) is 18.4 Å². The molecule has 1 heterocycles. The Labute approximate surface area is 107 Å². The minimum Gasteiger partial charge on any atom is -0.385 e. The summed E-state index contributed by atoms with van der Waals surface area (Å²) in [6.45, 7) is 0.252. The fourth-order valence-corrected chi connectivity index (χ4v) is 2.07. The molecule has 0 bridgehead atoms. The number of hydrogen-bond donors (Lipinski definition) is 1. The molecule has 0 saturated carbocycles. The number of benzene rings is 1. The summed E-state index contributed by atoms with van der Waals surface area (Å²) in [5, 5.41) is 0. The van der Waals surface area contributed by atoms with Gasteiger partial charge in [-0.25, -0.2) is 4.79 Å². The van der Waals surface area contributed by atoms with Gasteiger partial charge in [-0.2, -0.15) is 4.99 Å². The Balaban J connectivity index is 2.01. The van der Waals surface area contributed by atoms with E-state index in [0.717, 1.165) is 12.8 Å². The van der Waals surface area contributed by atoms with Crippen LogP contribution in [0.1, 0.15) is 12.0 Å². The third kappa shape index (κ3) is 2.51. The van der Waals surface area contributed by atoms with E-state index in [9.17, 15) is 4.79 Å². The molecule has 2 amide bonds. The molecule has 0 aliphatic carbocycles. The van der Waals surface area contributed by atoms with Crippen molar-refractivity contribution in [2.75, 3.05) is 6.54 Å². The molecular formula is C14H15N3O. The highest BCUT2D eigenvalue weighted by Crippen LogP contribution is 2.16. The van der Waals surface area contributed by atoms with E-state index in [1.807, 2.05) is 18.2 Å². The summed E-state index contributed by atoms with van der Waals surface area (Å²) in [4.78, 5) is 16.9. The molecule has 1 unspecified atom stereocenters. The monoisotopic (exact) mass is 241 g/mol. The highest BCUT2D eigenvalue weighted by Gasteiger charge is 2.32. The topological polar surface area (TPSA) is 58.7 Å². The Kier molecular flexibility index (Phi) is 3.63. The second-order valence-electron chi connectivity index (χ2n) is 4.19. The van der Waals surface area contributed by atoms with Gasteiger partial charge in [-0.1, -0.05) is 36.3 Å². The number of nitrogens with two attached hydrogens (primary N) is 1. The van der Waals surface area contributed by atoms with E-state index in [-0.39, 0.29) is 18.6 Å². The number of carbonyl (C=O) groups is 1. The smallest absolute Gasteiger partial charge is 0.346 e. The average molecular weight is 241 g/mol. The van der Waals surface area contributed by atoms with Crippen LogP contribution in [0.25, 0.3) is 0 Å². The summed E-state index contributed by atoms with van der Waals surface area (Å²) in [5.74, 6) is 2.83. The summed E-state index contributed by atoms with van der Waals surface area (Å²) in [6, 6.07) is 9.56. The standard InChI is InChI=1S/C14H15N3O/c1-2-10-17-12(13(15)16-14(17)18)9-8-11-6-4-3-5-7-11/h1,3-7,12H,8-10H2,(H2,15,16,18). The van der Waals surface area contributed by atoms with Crippen LogP contribution >= 0.6 is 0 Å². The van der Waals surface area contributed by atoms with Crippen LogP contribution in [-0.4, -0.2) is 29.4 Å². The lowest BCUT2D eigenvalue weighted by molar-refractivity contribution is 0.211. The van der Waals surface area contributed by atoms with E-state index in [1.165, 1.54) is 10.5 Å². The van der Waals surface area contributed by atoms with E-state index in [1.54, 1.807) is 0 Å². The van der Waals surface area contributed by atoms with Gasteiger partial charge < -0.3 is 10.6 Å². The first-order chi connectivity index (χ1) is 8.72. The molecule has 0 radical (unpaired) electrons. The van der Waals surface area contributed by atoms with Gasteiger partial charge in [0.05, 0.1) is 12.6 Å². The third-order valence-corrected chi connectivity index (χ3v) is 3.00. The largest absolute Gasteiger partial charge is 0.385 e. The van der Waals surface area contributed by atoms with Crippen LogP contribution in [0.2, 0.25) is 0 Å². The zero-order chi connectivity index (χ0) is 13.0. The van der Waals surface area contributed by atoms with E-state index < -0.39 is 0 Å². The fraction of sp³-hybridized carbons (Fsp3) is 0.286. The van der Waals surface area contributed by atoms with Gasteiger partial charge in [-0.15, -0.1) is 6.42 Å². The molecule has 1 aliphatic rings. The second kappa shape index (κ2) is 5.37. The van der Waals surface area contributed by atoms with Crippen LogP contribution in [0.4, 0.5) is 4.79 Å². The average Bonchev–Trinajstić information content (AvgIpc) is 2.64. The van der Waals surface area contributed by atoms with Gasteiger partial charge >= 0.3 is 6.03 Å². The van der Waals surface area contributed by atoms with Crippen LogP contribution in [-0.2, 0) is 6.42 Å². The van der Waals surface area contributed by atoms with Gasteiger partial charge in [0.1, 0.15) is 5.84 Å². The summed E-state index contributed by atoms with van der Waals surface area (Å²) in [7, 11) is 0. The molecule has 2 N–H and O–H groups in total. The number of nitrogens with zero attached hydrogens (tertiary/aromatic N) is 2. The van der Waals surface area contributed by atoms with Gasteiger partial charge in [0.25, 0.3) is 0 Å². The Bertz CT molecular complexity index is 502. The molecule has 1 aromatic carbocycles. The zero-order valence-corrected chi connectivity index (χ0v) is 10.0. The molecule has 92 valence electrons. The van der Waals surface area contributed by atoms with Crippen LogP contribution in [0, 0.1) is 12.3 Å². The van der Waals surface area contributed by atoms with Crippen LogP contribution in [0.5, 0.6) is 0 Å². The number of terminal acetylenes is 1. The van der Waals surface area contributed by atoms with E-state index in [4.69, 9.17) is 12.2 Å². The highest BCUT2D eigenvalue weighted by atomic mass is 16.2. The van der Waals surface area contributed by atoms with Crippen LogP contribution < -0.4 is 5.73 Å². The molecule has 4 heteroatoms. The predicted molar refractivity (Wildman–Crippen MR) is 71.1 cm³/mol. The maximum absolute atomic E-state index is 11.6. The predicted octanol–water partition coefficient (Wildman–Crippen LogP) is 1.41. The number of urea groups is 1. The molecule has 2 rings (SSSR count). The molecule has 4 nitrogen and oxygen atoms in total. The van der Waals surface area contributed by atoms with Crippen molar-refractivity contribution in [1.82, 2.24) is 4.90 Å². The van der Waals surface area contributed by atoms with Crippen molar-refractivity contribution in [1.29, 1.82) is 0 Å². The minimum atomic E-state index is -0.330. The second-order valence-corrected chi connectivity index (χ2v) is 4.19. The van der Waals surface area contributed by atoms with Crippen molar-refractivity contribution in [3.8, 4) is 12.3 Å². The lowest BCUT2D eigenvalue weighted by Gasteiger charge is -2.21. The van der Waals surface area contributed by atoms with Crippen molar-refractivity contribution in [2.24, 2.45) is 10.7 Å². The summed E-state index contributed by atoms with van der Waals surface area (Å²) in [6.07, 6.45) is 6.84. The van der Waals surface area contributed by atoms with Crippen molar-refractivity contribution >= 4 is 11.9 Å².